The van der Waals surface area contributed by atoms with Gasteiger partial charge < -0.3 is 9.67 Å². The van der Waals surface area contributed by atoms with Gasteiger partial charge in [0, 0.05) is 28.4 Å². The number of halogens is 1. The third-order valence-electron chi connectivity index (χ3n) is 5.28. The lowest BCUT2D eigenvalue weighted by Crippen LogP contribution is -2.20. The molecule has 0 radical (unpaired) electrons. The van der Waals surface area contributed by atoms with Crippen LogP contribution < -0.4 is 5.43 Å². The van der Waals surface area contributed by atoms with E-state index in [2.05, 4.69) is 4.98 Å². The van der Waals surface area contributed by atoms with E-state index >= 15 is 0 Å². The number of aromatic nitrogens is 2. The van der Waals surface area contributed by atoms with Crippen molar-refractivity contribution >= 4 is 17.2 Å². The molecule has 2 heterocycles. The van der Waals surface area contributed by atoms with E-state index in [1.54, 1.807) is 25.1 Å². The zero-order valence-electron chi connectivity index (χ0n) is 15.8. The standard InChI is InChI=1S/C22H21FN2O3/c1-3-20-18(11-27)22(28)17-8-19(23)16(9-21(17)25(20)15-4-5-15)13-6-12(2)24-14(7-13)10-26/h6-9,11,15,26H,3-5,10H2,1-2H3. The summed E-state index contributed by atoms with van der Waals surface area (Å²) in [7, 11) is 0. The molecule has 1 aliphatic rings. The lowest BCUT2D eigenvalue weighted by Gasteiger charge is -2.19. The first-order valence-corrected chi connectivity index (χ1v) is 9.43. The van der Waals surface area contributed by atoms with Crippen LogP contribution in [0.1, 0.15) is 53.2 Å². The number of fused-ring (bicyclic) bond motifs is 1. The molecule has 1 saturated carbocycles. The minimum absolute atomic E-state index is 0.122. The minimum Gasteiger partial charge on any atom is -0.390 e. The second kappa shape index (κ2) is 6.95. The van der Waals surface area contributed by atoms with Crippen molar-refractivity contribution in [2.75, 3.05) is 0 Å². The van der Waals surface area contributed by atoms with Crippen molar-refractivity contribution in [2.45, 2.75) is 45.8 Å². The number of hydrogen-bond donors (Lipinski definition) is 1. The lowest BCUT2D eigenvalue weighted by atomic mass is 9.99. The summed E-state index contributed by atoms with van der Waals surface area (Å²) in [4.78, 5) is 28.6. The number of aliphatic hydroxyl groups excluding tert-OH is 1. The fraction of sp³-hybridized carbons (Fsp3) is 0.318. The summed E-state index contributed by atoms with van der Waals surface area (Å²) in [5, 5.41) is 9.65. The Morgan fingerprint density at radius 2 is 2.04 bits per heavy atom. The van der Waals surface area contributed by atoms with Gasteiger partial charge >= 0.3 is 0 Å². The molecular formula is C22H21FN2O3. The molecule has 1 N–H and O–H groups in total. The lowest BCUT2D eigenvalue weighted by molar-refractivity contribution is 0.112. The first-order valence-electron chi connectivity index (χ1n) is 9.43. The van der Waals surface area contributed by atoms with Crippen LogP contribution >= 0.6 is 0 Å². The van der Waals surface area contributed by atoms with Gasteiger partial charge in [-0.25, -0.2) is 4.39 Å². The van der Waals surface area contributed by atoms with Gasteiger partial charge in [-0.3, -0.25) is 14.6 Å². The van der Waals surface area contributed by atoms with E-state index < -0.39 is 11.2 Å². The predicted octanol–water partition coefficient (Wildman–Crippen LogP) is 3.71. The molecular weight excluding hydrogens is 359 g/mol. The van der Waals surface area contributed by atoms with Gasteiger partial charge in [0.25, 0.3) is 0 Å². The molecule has 144 valence electrons. The Hall–Kier alpha value is -2.86. The average Bonchev–Trinajstić information content (AvgIpc) is 3.52. The highest BCUT2D eigenvalue weighted by Crippen LogP contribution is 2.40. The number of benzene rings is 1. The highest BCUT2D eigenvalue weighted by Gasteiger charge is 2.29. The van der Waals surface area contributed by atoms with Crippen LogP contribution in [0.4, 0.5) is 4.39 Å². The predicted molar refractivity (Wildman–Crippen MR) is 105 cm³/mol. The van der Waals surface area contributed by atoms with E-state index in [9.17, 15) is 19.1 Å². The molecule has 0 spiro atoms. The summed E-state index contributed by atoms with van der Waals surface area (Å²) >= 11 is 0. The highest BCUT2D eigenvalue weighted by atomic mass is 19.1. The average molecular weight is 380 g/mol. The molecule has 3 aromatic rings. The molecule has 4 rings (SSSR count). The Kier molecular flexibility index (Phi) is 4.59. The van der Waals surface area contributed by atoms with Crippen LogP contribution in [0.25, 0.3) is 22.0 Å². The van der Waals surface area contributed by atoms with Crippen LogP contribution in [0.2, 0.25) is 0 Å². The maximum atomic E-state index is 15.0. The summed E-state index contributed by atoms with van der Waals surface area (Å²) in [6.07, 6.45) is 3.08. The molecule has 0 atom stereocenters. The van der Waals surface area contributed by atoms with Crippen LogP contribution in [0, 0.1) is 12.7 Å². The number of hydrogen-bond acceptors (Lipinski definition) is 4. The topological polar surface area (TPSA) is 72.2 Å². The second-order valence-corrected chi connectivity index (χ2v) is 7.26. The van der Waals surface area contributed by atoms with Gasteiger partial charge in [0.15, 0.2) is 11.7 Å². The SMILES string of the molecule is CCc1c(C=O)c(=O)c2cc(F)c(-c3cc(C)nc(CO)c3)cc2n1C1CC1. The fourth-order valence-corrected chi connectivity index (χ4v) is 3.92. The molecule has 0 aliphatic heterocycles. The quantitative estimate of drug-likeness (QED) is 0.685. The number of nitrogens with zero attached hydrogens (tertiary/aromatic N) is 2. The Morgan fingerprint density at radius 3 is 2.64 bits per heavy atom. The first kappa shape index (κ1) is 18.5. The number of aldehydes is 1. The van der Waals surface area contributed by atoms with Crippen LogP contribution in [0.3, 0.4) is 0 Å². The number of pyridine rings is 2. The molecule has 0 saturated heterocycles. The molecule has 0 amide bonds. The third-order valence-corrected chi connectivity index (χ3v) is 5.28. The Balaban J connectivity index is 2.08. The van der Waals surface area contributed by atoms with E-state index in [1.807, 2.05) is 11.5 Å². The van der Waals surface area contributed by atoms with Gasteiger partial charge in [-0.2, -0.15) is 0 Å². The van der Waals surface area contributed by atoms with Gasteiger partial charge in [0.1, 0.15) is 5.82 Å². The Bertz CT molecular complexity index is 1160. The van der Waals surface area contributed by atoms with Crippen LogP contribution in [0.15, 0.2) is 29.1 Å². The van der Waals surface area contributed by atoms with E-state index in [1.165, 1.54) is 6.07 Å². The number of aryl methyl sites for hydroxylation is 1. The Morgan fingerprint density at radius 1 is 1.29 bits per heavy atom. The Labute approximate surface area is 161 Å². The van der Waals surface area contributed by atoms with Gasteiger partial charge in [0.2, 0.25) is 0 Å². The van der Waals surface area contributed by atoms with Crippen molar-refractivity contribution in [3.8, 4) is 11.1 Å². The summed E-state index contributed by atoms with van der Waals surface area (Å²) in [6.45, 7) is 3.46. The van der Waals surface area contributed by atoms with E-state index in [0.29, 0.717) is 46.4 Å². The zero-order valence-corrected chi connectivity index (χ0v) is 15.8. The van der Waals surface area contributed by atoms with Gasteiger partial charge in [-0.15, -0.1) is 0 Å². The smallest absolute Gasteiger partial charge is 0.200 e. The van der Waals surface area contributed by atoms with Gasteiger partial charge in [-0.05, 0) is 56.0 Å². The second-order valence-electron chi connectivity index (χ2n) is 7.26. The number of carbonyl (C=O) groups is 1. The molecule has 1 fully saturated rings. The largest absolute Gasteiger partial charge is 0.390 e. The maximum Gasteiger partial charge on any atom is 0.200 e. The molecule has 2 aromatic heterocycles. The molecule has 0 bridgehead atoms. The minimum atomic E-state index is -0.539. The first-order chi connectivity index (χ1) is 13.5. The van der Waals surface area contributed by atoms with E-state index in [4.69, 9.17) is 0 Å². The molecule has 28 heavy (non-hydrogen) atoms. The number of rotatable bonds is 5. The van der Waals surface area contributed by atoms with Crippen LogP contribution in [0.5, 0.6) is 0 Å². The fourth-order valence-electron chi connectivity index (χ4n) is 3.92. The maximum absolute atomic E-state index is 15.0. The molecule has 0 unspecified atom stereocenters. The molecule has 5 nitrogen and oxygen atoms in total. The van der Waals surface area contributed by atoms with E-state index in [0.717, 1.165) is 12.8 Å². The zero-order chi connectivity index (χ0) is 20.0. The number of aliphatic hydroxyl groups is 1. The number of carbonyl (C=O) groups excluding carboxylic acids is 1. The summed E-state index contributed by atoms with van der Waals surface area (Å²) in [6, 6.07) is 6.55. The summed E-state index contributed by atoms with van der Waals surface area (Å²) < 4.78 is 17.0. The third kappa shape index (κ3) is 2.94. The monoisotopic (exact) mass is 380 g/mol. The molecule has 1 aromatic carbocycles. The summed E-state index contributed by atoms with van der Waals surface area (Å²) in [5.74, 6) is -0.539. The molecule has 1 aliphatic carbocycles. The van der Waals surface area contributed by atoms with Crippen molar-refractivity contribution in [2.24, 2.45) is 0 Å². The normalized spacial score (nSPS) is 13.9. The van der Waals surface area contributed by atoms with Crippen LogP contribution in [-0.4, -0.2) is 20.9 Å². The van der Waals surface area contributed by atoms with Gasteiger partial charge in [0.05, 0.1) is 23.4 Å². The molecule has 6 heteroatoms. The van der Waals surface area contributed by atoms with Gasteiger partial charge in [-0.1, -0.05) is 6.92 Å². The highest BCUT2D eigenvalue weighted by molar-refractivity contribution is 5.91. The van der Waals surface area contributed by atoms with Crippen molar-refractivity contribution in [3.05, 3.63) is 63.0 Å². The summed E-state index contributed by atoms with van der Waals surface area (Å²) in [5.41, 5.74) is 3.12. The van der Waals surface area contributed by atoms with Crippen LogP contribution in [-0.2, 0) is 13.0 Å². The van der Waals surface area contributed by atoms with Crippen molar-refractivity contribution in [1.29, 1.82) is 0 Å². The van der Waals surface area contributed by atoms with E-state index in [-0.39, 0.29) is 23.6 Å². The van der Waals surface area contributed by atoms with Crippen molar-refractivity contribution in [3.63, 3.8) is 0 Å². The van der Waals surface area contributed by atoms with Crippen molar-refractivity contribution < 1.29 is 14.3 Å². The van der Waals surface area contributed by atoms with Crippen molar-refractivity contribution in [1.82, 2.24) is 9.55 Å².